The summed E-state index contributed by atoms with van der Waals surface area (Å²) in [6, 6.07) is 0. The monoisotopic (exact) mass is 320 g/mol. The molecule has 7 nitrogen and oxygen atoms in total. The second kappa shape index (κ2) is 5.70. The smallest absolute Gasteiger partial charge is 0.396 e. The van der Waals surface area contributed by atoms with Gasteiger partial charge in [0, 0.05) is 4.20 Å². The Morgan fingerprint density at radius 3 is 1.11 bits per heavy atom. The predicted molar refractivity (Wildman–Crippen MR) is 4.44 cm³/mol. The van der Waals surface area contributed by atoms with Gasteiger partial charge >= 0.3 is 21.1 Å². The number of halogens is 2. The third-order valence-electron chi connectivity index (χ3n) is 0. The van der Waals surface area contributed by atoms with Crippen molar-refractivity contribution in [1.29, 1.82) is 0 Å². The molecular formula is H2BrIO7. The minimum atomic E-state index is -5.38. The average Bonchev–Trinajstić information content (AvgIpc) is 1.19. The minimum Gasteiger partial charge on any atom is -0.396 e. The summed E-state index contributed by atoms with van der Waals surface area (Å²) in [5.41, 5.74) is 0. The van der Waals surface area contributed by atoms with E-state index in [1.807, 2.05) is 0 Å². The molecule has 0 unspecified atom stereocenters. The highest BCUT2D eigenvalue weighted by molar-refractivity contribution is 2.15. The summed E-state index contributed by atoms with van der Waals surface area (Å²) in [5, 5.41) is 0. The first-order chi connectivity index (χ1) is 3.73. The predicted octanol–water partition coefficient (Wildman–Crippen LogP) is -10.1. The molecule has 0 saturated carbocycles. The molecule has 9 heteroatoms. The zero-order valence-corrected chi connectivity index (χ0v) is 7.44. The van der Waals surface area contributed by atoms with Crippen LogP contribution in [0.3, 0.4) is 0 Å². The lowest BCUT2D eigenvalue weighted by molar-refractivity contribution is -1.92. The summed E-state index contributed by atoms with van der Waals surface area (Å²) in [4.78, 5) is 0. The zero-order valence-electron chi connectivity index (χ0n) is 3.69. The number of hydrogen-bond acceptors (Lipinski definition) is 7. The van der Waals surface area contributed by atoms with E-state index >= 15 is 0 Å². The van der Waals surface area contributed by atoms with Crippen molar-refractivity contribution in [2.45, 2.75) is 0 Å². The molecule has 2 N–H and O–H groups in total. The van der Waals surface area contributed by atoms with Crippen molar-refractivity contribution in [2.24, 2.45) is 0 Å². The summed E-state index contributed by atoms with van der Waals surface area (Å²) in [5.74, 6) is 0. The topological polar surface area (TPSA) is 156 Å². The third-order valence-corrected chi connectivity index (χ3v) is 0. The van der Waals surface area contributed by atoms with Crippen molar-refractivity contribution in [2.75, 3.05) is 0 Å². The van der Waals surface area contributed by atoms with Gasteiger partial charge in [-0.05, 0) is 3.44 Å². The lowest BCUT2D eigenvalue weighted by atomic mass is 15.9. The van der Waals surface area contributed by atoms with Gasteiger partial charge in [-0.3, -0.25) is 0 Å². The standard InChI is InChI=1S/BrHO4.HIO3/c2-1(3,4)5;2-1(3)4/h2H;2H. The molecule has 0 saturated heterocycles. The van der Waals surface area contributed by atoms with Crippen LogP contribution in [0.25, 0.3) is 0 Å². The molecule has 0 atom stereocenters. The largest absolute Gasteiger partial charge is 0.503 e. The van der Waals surface area contributed by atoms with Crippen LogP contribution in [-0.2, 0) is 0 Å². The van der Waals surface area contributed by atoms with E-state index < -0.39 is 35.2 Å². The Balaban J connectivity index is 0. The number of hydrogen-bond donors (Lipinski definition) is 2. The Labute approximate surface area is 62.4 Å². The maximum absolute atomic E-state index is 8.69. The minimum absolute atomic E-state index is 3.76. The Kier molecular flexibility index (Phi) is 7.97. The van der Waals surface area contributed by atoms with Crippen molar-refractivity contribution in [3.05, 3.63) is 0 Å². The van der Waals surface area contributed by atoms with E-state index in [-0.39, 0.29) is 0 Å². The summed E-state index contributed by atoms with van der Waals surface area (Å²) < 4.78 is 57.5. The van der Waals surface area contributed by atoms with Gasteiger partial charge in [0.1, 0.15) is 0 Å². The maximum atomic E-state index is 8.69. The van der Waals surface area contributed by atoms with Crippen molar-refractivity contribution < 1.29 is 62.3 Å². The van der Waals surface area contributed by atoms with E-state index in [1.165, 1.54) is 0 Å². The van der Waals surface area contributed by atoms with Crippen LogP contribution in [0.1, 0.15) is 0 Å². The molecule has 0 rings (SSSR count). The van der Waals surface area contributed by atoms with Crippen molar-refractivity contribution >= 4 is 0 Å². The quantitative estimate of drug-likeness (QED) is 0.420. The molecule has 0 aliphatic rings. The summed E-state index contributed by atoms with van der Waals surface area (Å²) >= 11 is -9.14. The highest BCUT2D eigenvalue weighted by atomic mass is 127. The van der Waals surface area contributed by atoms with Gasteiger partial charge in [-0.2, -0.15) is 0 Å². The fraction of sp³-hybridized carbons (Fsp3) is 0. The molecule has 0 aromatic rings. The zero-order chi connectivity index (χ0) is 8.08. The van der Waals surface area contributed by atoms with Crippen LogP contribution in [0.4, 0.5) is 0 Å². The normalized spacial score (nSPS) is 10.7. The highest BCUT2D eigenvalue weighted by Gasteiger charge is 2.07. The van der Waals surface area contributed by atoms with Crippen LogP contribution in [0.15, 0.2) is 0 Å². The van der Waals surface area contributed by atoms with Crippen LogP contribution >= 0.6 is 0 Å². The van der Waals surface area contributed by atoms with Crippen molar-refractivity contribution in [3.8, 4) is 0 Å². The van der Waals surface area contributed by atoms with Crippen LogP contribution in [0, 0.1) is 14.1 Å². The highest BCUT2D eigenvalue weighted by Crippen LogP contribution is 1.60. The van der Waals surface area contributed by atoms with Crippen LogP contribution in [0.2, 0.25) is 0 Å². The molecule has 0 amide bonds. The fourth-order valence-electron chi connectivity index (χ4n) is 0. The maximum Gasteiger partial charge on any atom is 0.503 e. The fourth-order valence-corrected chi connectivity index (χ4v) is 0. The van der Waals surface area contributed by atoms with Gasteiger partial charge in [0.25, 0.3) is 14.1 Å². The molecule has 0 spiro atoms. The Morgan fingerprint density at radius 2 is 1.11 bits per heavy atom. The average molecular weight is 321 g/mol. The van der Waals surface area contributed by atoms with Crippen LogP contribution in [-0.4, -0.2) is 7.63 Å². The molecule has 0 aromatic heterocycles. The van der Waals surface area contributed by atoms with E-state index in [0.717, 1.165) is 0 Å². The third kappa shape index (κ3) is 496. The molecular weight excluding hydrogens is 319 g/mol. The Morgan fingerprint density at radius 1 is 1.11 bits per heavy atom. The summed E-state index contributed by atoms with van der Waals surface area (Å²) in [7, 11) is 0. The molecule has 0 aliphatic carbocycles. The molecule has 58 valence electrons. The summed E-state index contributed by atoms with van der Waals surface area (Å²) in [6.45, 7) is 0. The summed E-state index contributed by atoms with van der Waals surface area (Å²) in [6.07, 6.45) is 0. The first-order valence-electron chi connectivity index (χ1n) is 1.11. The Hall–Kier alpha value is 0.930. The first-order valence-corrected chi connectivity index (χ1v) is 6.49. The second-order valence-electron chi connectivity index (χ2n) is 0.597. The second-order valence-corrected chi connectivity index (χ2v) is 3.41. The molecule has 0 fully saturated rings. The van der Waals surface area contributed by atoms with Crippen LogP contribution in [0.5, 0.6) is 0 Å². The van der Waals surface area contributed by atoms with Gasteiger partial charge in [0.05, 0.1) is 0 Å². The molecule has 0 aliphatic heterocycles. The lowest BCUT2D eigenvalue weighted by Gasteiger charge is -1.96. The van der Waals surface area contributed by atoms with E-state index in [0.29, 0.717) is 0 Å². The molecule has 0 radical (unpaired) electrons. The first kappa shape index (κ1) is 12.6. The Bertz CT molecular complexity index is 45.7. The number of rotatable bonds is 0. The molecule has 0 heterocycles. The van der Waals surface area contributed by atoms with Gasteiger partial charge in [-0.15, -0.1) is 0 Å². The SMILES string of the molecule is [O-][Br+3]([O-])([O-])O.[O-][I+2]([O-])O. The van der Waals surface area contributed by atoms with Gasteiger partial charge in [0.15, 0.2) is 0 Å². The van der Waals surface area contributed by atoms with E-state index in [2.05, 4.69) is 0 Å². The lowest BCUT2D eigenvalue weighted by Crippen LogP contribution is -3.98. The van der Waals surface area contributed by atoms with Crippen molar-refractivity contribution in [3.63, 3.8) is 0 Å². The van der Waals surface area contributed by atoms with Gasteiger partial charge in [-0.25, -0.2) is 12.6 Å². The van der Waals surface area contributed by atoms with E-state index in [1.54, 1.807) is 0 Å². The van der Waals surface area contributed by atoms with Gasteiger partial charge < -0.3 is 6.87 Å². The molecule has 0 aromatic carbocycles. The molecule has 9 heavy (non-hydrogen) atoms. The van der Waals surface area contributed by atoms with Gasteiger partial charge in [0.2, 0.25) is 0 Å². The van der Waals surface area contributed by atoms with Crippen LogP contribution < -0.4 is 40.5 Å². The van der Waals surface area contributed by atoms with E-state index in [4.69, 9.17) is 27.1 Å². The molecule has 0 bridgehead atoms. The van der Waals surface area contributed by atoms with E-state index in [9.17, 15) is 0 Å². The van der Waals surface area contributed by atoms with Gasteiger partial charge in [-0.1, -0.05) is 0 Å². The van der Waals surface area contributed by atoms with Crippen molar-refractivity contribution in [1.82, 2.24) is 0 Å².